The van der Waals surface area contributed by atoms with E-state index in [1.807, 2.05) is 60.7 Å². The van der Waals surface area contributed by atoms with Crippen molar-refractivity contribution in [3.05, 3.63) is 95.6 Å². The van der Waals surface area contributed by atoms with Crippen molar-refractivity contribution in [1.29, 1.82) is 0 Å². The highest BCUT2D eigenvalue weighted by Gasteiger charge is 2.49. The molecular formula is C34H32O4. The van der Waals surface area contributed by atoms with Gasteiger partial charge in [-0.15, -0.1) is 0 Å². The van der Waals surface area contributed by atoms with Crippen LogP contribution < -0.4 is 0 Å². The summed E-state index contributed by atoms with van der Waals surface area (Å²) in [6.45, 7) is 0. The van der Waals surface area contributed by atoms with Crippen LogP contribution in [0, 0.1) is 23.7 Å². The zero-order chi connectivity index (χ0) is 26.2. The first kappa shape index (κ1) is 24.4. The summed E-state index contributed by atoms with van der Waals surface area (Å²) in [7, 11) is 0. The first-order chi connectivity index (χ1) is 18.6. The fraction of sp³-hybridized carbons (Fsp3) is 0.294. The van der Waals surface area contributed by atoms with Gasteiger partial charge in [-0.1, -0.05) is 60.7 Å². The smallest absolute Gasteiger partial charge is 0.153 e. The van der Waals surface area contributed by atoms with E-state index in [0.29, 0.717) is 28.9 Å². The van der Waals surface area contributed by atoms with Crippen molar-refractivity contribution >= 4 is 23.3 Å². The molecule has 4 heteroatoms. The largest absolute Gasteiger partial charge is 0.507 e. The summed E-state index contributed by atoms with van der Waals surface area (Å²) in [4.78, 5) is 21.9. The van der Waals surface area contributed by atoms with E-state index in [1.165, 1.54) is 32.1 Å². The lowest BCUT2D eigenvalue weighted by Crippen LogP contribution is -2.43. The number of phenols is 2. The molecule has 4 saturated carbocycles. The van der Waals surface area contributed by atoms with Gasteiger partial charge in [-0.2, -0.15) is 0 Å². The Hall–Kier alpha value is -3.92. The number of fused-ring (bicyclic) bond motifs is 1. The van der Waals surface area contributed by atoms with E-state index in [2.05, 4.69) is 0 Å². The third-order valence-electron chi connectivity index (χ3n) is 9.07. The van der Waals surface area contributed by atoms with Crippen LogP contribution in [-0.4, -0.2) is 22.8 Å². The Balaban J connectivity index is 0.000000139. The molecule has 0 saturated heterocycles. The van der Waals surface area contributed by atoms with E-state index < -0.39 is 0 Å². The van der Waals surface area contributed by atoms with E-state index in [1.54, 1.807) is 18.2 Å². The second kappa shape index (κ2) is 10.1. The molecule has 0 aliphatic heterocycles. The van der Waals surface area contributed by atoms with Crippen molar-refractivity contribution in [2.45, 2.75) is 38.0 Å². The van der Waals surface area contributed by atoms with Gasteiger partial charge in [-0.05, 0) is 102 Å². The SMILES string of the molecule is O=Cc1cccc(-c2ccc3ccccc3c2)c1O.O=Cc1cccc(C2C3CC4CC(C3)CC2C4)c1O. The van der Waals surface area contributed by atoms with Crippen LogP contribution in [0.4, 0.5) is 0 Å². The van der Waals surface area contributed by atoms with Gasteiger partial charge in [0.25, 0.3) is 0 Å². The molecule has 0 radical (unpaired) electrons. The minimum atomic E-state index is 0.0350. The van der Waals surface area contributed by atoms with Crippen molar-refractivity contribution < 1.29 is 19.8 Å². The second-order valence-electron chi connectivity index (χ2n) is 11.3. The Morgan fingerprint density at radius 1 is 0.605 bits per heavy atom. The van der Waals surface area contributed by atoms with Gasteiger partial charge in [0.2, 0.25) is 0 Å². The standard InChI is InChI=1S/C17H20O2.C17H12O2/c18-9-12-2-1-3-15(17(12)19)16-13-5-10-4-11(7-13)8-14(16)6-10;18-11-15-6-3-7-16(17(15)19)14-9-8-12-4-1-2-5-13(12)10-14/h1-3,9-11,13-14,16,19H,4-8H2;1-11,19H. The van der Waals surface area contributed by atoms with Gasteiger partial charge >= 0.3 is 0 Å². The second-order valence-corrected chi connectivity index (χ2v) is 11.3. The number of aromatic hydroxyl groups is 2. The van der Waals surface area contributed by atoms with Gasteiger partial charge in [0.05, 0.1) is 11.1 Å². The average Bonchev–Trinajstić information content (AvgIpc) is 2.93. The first-order valence-corrected chi connectivity index (χ1v) is 13.6. The number of rotatable bonds is 4. The van der Waals surface area contributed by atoms with Gasteiger partial charge < -0.3 is 10.2 Å². The van der Waals surface area contributed by atoms with Crippen molar-refractivity contribution in [3.8, 4) is 22.6 Å². The Bertz CT molecular complexity index is 1480. The van der Waals surface area contributed by atoms with E-state index in [9.17, 15) is 19.8 Å². The zero-order valence-electron chi connectivity index (χ0n) is 21.3. The van der Waals surface area contributed by atoms with Crippen LogP contribution in [0.5, 0.6) is 11.5 Å². The van der Waals surface area contributed by atoms with Gasteiger partial charge in [0, 0.05) is 5.56 Å². The minimum Gasteiger partial charge on any atom is -0.507 e. The Kier molecular flexibility index (Phi) is 6.49. The topological polar surface area (TPSA) is 74.6 Å². The molecule has 38 heavy (non-hydrogen) atoms. The number of carbonyl (C=O) groups is 2. The lowest BCUT2D eigenvalue weighted by Gasteiger charge is -2.54. The fourth-order valence-corrected chi connectivity index (χ4v) is 7.62. The number of phenolic OH excluding ortho intramolecular Hbond substituents is 2. The number of para-hydroxylation sites is 2. The summed E-state index contributed by atoms with van der Waals surface area (Å²) in [5.74, 6) is 4.13. The summed E-state index contributed by atoms with van der Waals surface area (Å²) in [6, 6.07) is 24.9. The van der Waals surface area contributed by atoms with Crippen LogP contribution in [0.2, 0.25) is 0 Å². The summed E-state index contributed by atoms with van der Waals surface area (Å²) < 4.78 is 0. The average molecular weight is 505 g/mol. The molecule has 4 aliphatic carbocycles. The molecule has 4 nitrogen and oxygen atoms in total. The normalized spacial score (nSPS) is 25.0. The maximum Gasteiger partial charge on any atom is 0.153 e. The Morgan fingerprint density at radius 3 is 1.87 bits per heavy atom. The number of hydrogen-bond donors (Lipinski definition) is 2. The molecule has 4 aromatic carbocycles. The highest BCUT2D eigenvalue weighted by Crippen LogP contribution is 2.60. The van der Waals surface area contributed by atoms with Crippen LogP contribution >= 0.6 is 0 Å². The quantitative estimate of drug-likeness (QED) is 0.278. The molecule has 4 aliphatic rings. The summed E-state index contributed by atoms with van der Waals surface area (Å²) >= 11 is 0. The lowest BCUT2D eigenvalue weighted by atomic mass is 9.50. The van der Waals surface area contributed by atoms with Crippen LogP contribution in [0.1, 0.15) is 64.3 Å². The van der Waals surface area contributed by atoms with Crippen LogP contribution in [0.15, 0.2) is 78.9 Å². The molecular weight excluding hydrogens is 472 g/mol. The van der Waals surface area contributed by atoms with Crippen LogP contribution in [0.25, 0.3) is 21.9 Å². The molecule has 0 atom stereocenters. The summed E-state index contributed by atoms with van der Waals surface area (Å²) in [6.07, 6.45) is 8.23. The molecule has 4 aromatic rings. The van der Waals surface area contributed by atoms with Crippen LogP contribution in [0.3, 0.4) is 0 Å². The lowest BCUT2D eigenvalue weighted by molar-refractivity contribution is -0.00349. The van der Waals surface area contributed by atoms with Gasteiger partial charge in [0.1, 0.15) is 11.5 Å². The molecule has 0 aromatic heterocycles. The predicted octanol–water partition coefficient (Wildman–Crippen LogP) is 7.77. The molecule has 0 heterocycles. The molecule has 192 valence electrons. The molecule has 4 fully saturated rings. The monoisotopic (exact) mass is 504 g/mol. The molecule has 0 spiro atoms. The van der Waals surface area contributed by atoms with E-state index >= 15 is 0 Å². The maximum absolute atomic E-state index is 11.0. The number of hydrogen-bond acceptors (Lipinski definition) is 4. The van der Waals surface area contributed by atoms with Gasteiger partial charge in [-0.3, -0.25) is 9.59 Å². The van der Waals surface area contributed by atoms with Crippen molar-refractivity contribution in [1.82, 2.24) is 0 Å². The molecule has 4 bridgehead atoms. The highest BCUT2D eigenvalue weighted by molar-refractivity contribution is 5.91. The van der Waals surface area contributed by atoms with Crippen molar-refractivity contribution in [2.75, 3.05) is 0 Å². The minimum absolute atomic E-state index is 0.0350. The molecule has 2 N–H and O–H groups in total. The molecule has 0 unspecified atom stereocenters. The van der Waals surface area contributed by atoms with E-state index in [0.717, 1.165) is 51.9 Å². The Morgan fingerprint density at radius 2 is 1.21 bits per heavy atom. The number of benzene rings is 4. The Labute approximate surface area is 223 Å². The maximum atomic E-state index is 11.0. The highest BCUT2D eigenvalue weighted by atomic mass is 16.3. The number of carbonyl (C=O) groups excluding carboxylic acids is 2. The van der Waals surface area contributed by atoms with E-state index in [-0.39, 0.29) is 11.5 Å². The third-order valence-corrected chi connectivity index (χ3v) is 9.07. The van der Waals surface area contributed by atoms with Crippen LogP contribution in [-0.2, 0) is 0 Å². The fourth-order valence-electron chi connectivity index (χ4n) is 7.62. The first-order valence-electron chi connectivity index (χ1n) is 13.6. The molecule has 0 amide bonds. The number of aldehydes is 2. The van der Waals surface area contributed by atoms with Gasteiger partial charge in [-0.25, -0.2) is 0 Å². The van der Waals surface area contributed by atoms with Crippen molar-refractivity contribution in [2.24, 2.45) is 23.7 Å². The van der Waals surface area contributed by atoms with E-state index in [4.69, 9.17) is 0 Å². The molecule has 8 rings (SSSR count). The van der Waals surface area contributed by atoms with Crippen molar-refractivity contribution in [3.63, 3.8) is 0 Å². The summed E-state index contributed by atoms with van der Waals surface area (Å²) in [5, 5.41) is 22.7. The summed E-state index contributed by atoms with van der Waals surface area (Å²) in [5.41, 5.74) is 3.38. The zero-order valence-corrected chi connectivity index (χ0v) is 21.3. The van der Waals surface area contributed by atoms with Gasteiger partial charge in [0.15, 0.2) is 12.6 Å². The third kappa shape index (κ3) is 4.38. The predicted molar refractivity (Wildman–Crippen MR) is 150 cm³/mol.